The van der Waals surface area contributed by atoms with Crippen molar-refractivity contribution in [2.24, 2.45) is 7.05 Å². The molecule has 0 aliphatic rings. The standard InChI is InChI=1S/C29H27N5O2S/c1-4-34(22-8-6-5-7-9-22)26-25(21-17-31-33(3)18-21)32-29(36)28(27(26)35)37-23-12-10-20(11-13-23)24-14-15-30-16-19(24)2/h5-18H,4H2,1-3H3,(H2,32,35,36). The molecule has 0 unspecified atom stereocenters. The molecule has 0 bridgehead atoms. The van der Waals surface area contributed by atoms with Crippen molar-refractivity contribution in [3.05, 3.63) is 101 Å². The van der Waals surface area contributed by atoms with Gasteiger partial charge in [0.05, 0.1) is 11.9 Å². The zero-order chi connectivity index (χ0) is 25.9. The lowest BCUT2D eigenvalue weighted by atomic mass is 10.0. The van der Waals surface area contributed by atoms with Gasteiger partial charge in [0.25, 0.3) is 5.56 Å². The van der Waals surface area contributed by atoms with Gasteiger partial charge in [-0.25, -0.2) is 0 Å². The van der Waals surface area contributed by atoms with E-state index >= 15 is 0 Å². The van der Waals surface area contributed by atoms with Crippen molar-refractivity contribution < 1.29 is 5.11 Å². The lowest BCUT2D eigenvalue weighted by Gasteiger charge is -2.27. The van der Waals surface area contributed by atoms with Gasteiger partial charge in [-0.2, -0.15) is 5.10 Å². The van der Waals surface area contributed by atoms with E-state index in [9.17, 15) is 9.90 Å². The largest absolute Gasteiger partial charge is 0.504 e. The molecule has 0 saturated carbocycles. The number of aromatic amines is 1. The summed E-state index contributed by atoms with van der Waals surface area (Å²) in [6.45, 7) is 4.62. The van der Waals surface area contributed by atoms with Crippen LogP contribution in [0, 0.1) is 6.92 Å². The van der Waals surface area contributed by atoms with Crippen molar-refractivity contribution in [2.75, 3.05) is 11.4 Å². The van der Waals surface area contributed by atoms with Crippen molar-refractivity contribution in [3.63, 3.8) is 0 Å². The molecule has 0 atom stereocenters. The summed E-state index contributed by atoms with van der Waals surface area (Å²) in [5, 5.41) is 15.9. The second-order valence-electron chi connectivity index (χ2n) is 8.65. The Labute approximate surface area is 219 Å². The van der Waals surface area contributed by atoms with Crippen LogP contribution in [-0.4, -0.2) is 31.4 Å². The minimum atomic E-state index is -0.358. The molecule has 3 aromatic heterocycles. The molecule has 0 radical (unpaired) electrons. The first kappa shape index (κ1) is 24.4. The second kappa shape index (κ2) is 10.4. The Bertz CT molecular complexity index is 1590. The molecule has 3 heterocycles. The lowest BCUT2D eigenvalue weighted by molar-refractivity contribution is 0.460. The van der Waals surface area contributed by atoms with Gasteiger partial charge in [0, 0.05) is 48.3 Å². The zero-order valence-electron chi connectivity index (χ0n) is 20.8. The van der Waals surface area contributed by atoms with E-state index in [4.69, 9.17) is 0 Å². The Morgan fingerprint density at radius 3 is 2.43 bits per heavy atom. The summed E-state index contributed by atoms with van der Waals surface area (Å²) in [5.41, 5.74) is 5.59. The lowest BCUT2D eigenvalue weighted by Crippen LogP contribution is -2.21. The molecule has 0 fully saturated rings. The van der Waals surface area contributed by atoms with Crippen LogP contribution in [0.3, 0.4) is 0 Å². The van der Waals surface area contributed by atoms with E-state index in [1.165, 1.54) is 11.8 Å². The highest BCUT2D eigenvalue weighted by Gasteiger charge is 2.25. The first-order chi connectivity index (χ1) is 18.0. The number of pyridine rings is 2. The summed E-state index contributed by atoms with van der Waals surface area (Å²) in [7, 11) is 1.82. The van der Waals surface area contributed by atoms with Crippen LogP contribution in [-0.2, 0) is 7.05 Å². The molecule has 37 heavy (non-hydrogen) atoms. The normalized spacial score (nSPS) is 11.0. The minimum Gasteiger partial charge on any atom is -0.504 e. The van der Waals surface area contributed by atoms with E-state index < -0.39 is 0 Å². The Morgan fingerprint density at radius 2 is 1.78 bits per heavy atom. The predicted octanol–water partition coefficient (Wildman–Crippen LogP) is 6.16. The molecule has 8 heteroatoms. The number of nitrogens with one attached hydrogen (secondary N) is 1. The van der Waals surface area contributed by atoms with Crippen molar-refractivity contribution in [1.29, 1.82) is 0 Å². The number of aromatic hydroxyl groups is 1. The topological polar surface area (TPSA) is 87.0 Å². The van der Waals surface area contributed by atoms with E-state index in [0.717, 1.165) is 27.3 Å². The maximum absolute atomic E-state index is 13.3. The van der Waals surface area contributed by atoms with E-state index in [1.54, 1.807) is 17.1 Å². The van der Waals surface area contributed by atoms with E-state index in [1.807, 2.05) is 98.9 Å². The molecule has 5 aromatic rings. The summed E-state index contributed by atoms with van der Waals surface area (Å²) in [5.74, 6) is -0.0626. The molecule has 0 saturated heterocycles. The van der Waals surface area contributed by atoms with Gasteiger partial charge in [0.1, 0.15) is 10.6 Å². The van der Waals surface area contributed by atoms with Gasteiger partial charge in [-0.15, -0.1) is 0 Å². The van der Waals surface area contributed by atoms with Gasteiger partial charge in [0.2, 0.25) is 0 Å². The number of para-hydroxylation sites is 1. The van der Waals surface area contributed by atoms with Crippen molar-refractivity contribution in [2.45, 2.75) is 23.6 Å². The summed E-state index contributed by atoms with van der Waals surface area (Å²) in [6, 6.07) is 19.8. The molecule has 0 aliphatic carbocycles. The number of H-pyrrole nitrogens is 1. The first-order valence-corrected chi connectivity index (χ1v) is 12.8. The van der Waals surface area contributed by atoms with Crippen LogP contribution in [0.4, 0.5) is 11.4 Å². The highest BCUT2D eigenvalue weighted by atomic mass is 32.2. The molecule has 2 N–H and O–H groups in total. The van der Waals surface area contributed by atoms with E-state index in [0.29, 0.717) is 23.5 Å². The van der Waals surface area contributed by atoms with Crippen LogP contribution in [0.15, 0.2) is 100 Å². The highest BCUT2D eigenvalue weighted by Crippen LogP contribution is 2.45. The van der Waals surface area contributed by atoms with Crippen LogP contribution >= 0.6 is 11.8 Å². The molecule has 5 rings (SSSR count). The summed E-state index contributed by atoms with van der Waals surface area (Å²) < 4.78 is 1.67. The summed E-state index contributed by atoms with van der Waals surface area (Å²) >= 11 is 1.24. The Kier molecular flexibility index (Phi) is 6.83. The smallest absolute Gasteiger partial charge is 0.266 e. The van der Waals surface area contributed by atoms with Crippen molar-refractivity contribution >= 4 is 23.1 Å². The van der Waals surface area contributed by atoms with Crippen LogP contribution in [0.1, 0.15) is 12.5 Å². The molecule has 0 amide bonds. The van der Waals surface area contributed by atoms with Gasteiger partial charge < -0.3 is 15.0 Å². The Balaban J connectivity index is 1.59. The van der Waals surface area contributed by atoms with Gasteiger partial charge in [0.15, 0.2) is 5.75 Å². The highest BCUT2D eigenvalue weighted by molar-refractivity contribution is 7.99. The number of anilines is 2. The van der Waals surface area contributed by atoms with Gasteiger partial charge in [-0.05, 0) is 60.9 Å². The Hall–Kier alpha value is -4.30. The Morgan fingerprint density at radius 1 is 1.03 bits per heavy atom. The molecule has 186 valence electrons. The SMILES string of the molecule is CCN(c1ccccc1)c1c(-c2cnn(C)c2)[nH]c(=O)c(Sc2ccc(-c3ccncc3C)cc2)c1O. The maximum atomic E-state index is 13.3. The maximum Gasteiger partial charge on any atom is 0.266 e. The second-order valence-corrected chi connectivity index (χ2v) is 9.74. The fourth-order valence-corrected chi connectivity index (χ4v) is 5.22. The number of benzene rings is 2. The van der Waals surface area contributed by atoms with Gasteiger partial charge in [-0.1, -0.05) is 42.1 Å². The third-order valence-electron chi connectivity index (χ3n) is 6.17. The quantitative estimate of drug-likeness (QED) is 0.273. The number of hydrogen-bond donors (Lipinski definition) is 2. The summed E-state index contributed by atoms with van der Waals surface area (Å²) in [6.07, 6.45) is 7.12. The van der Waals surface area contributed by atoms with Crippen LogP contribution in [0.2, 0.25) is 0 Å². The fraction of sp³-hybridized carbons (Fsp3) is 0.138. The number of rotatable bonds is 7. The average Bonchev–Trinajstić information content (AvgIpc) is 3.35. The number of hydrogen-bond acceptors (Lipinski definition) is 6. The van der Waals surface area contributed by atoms with Crippen LogP contribution in [0.5, 0.6) is 5.75 Å². The molecular weight excluding hydrogens is 482 g/mol. The predicted molar refractivity (Wildman–Crippen MR) is 149 cm³/mol. The molecule has 0 aliphatic heterocycles. The molecule has 7 nitrogen and oxygen atoms in total. The average molecular weight is 510 g/mol. The third-order valence-corrected chi connectivity index (χ3v) is 7.26. The summed E-state index contributed by atoms with van der Waals surface area (Å²) in [4.78, 5) is 23.6. The minimum absolute atomic E-state index is 0.0626. The first-order valence-electron chi connectivity index (χ1n) is 12.0. The van der Waals surface area contributed by atoms with Gasteiger partial charge in [-0.3, -0.25) is 14.5 Å². The van der Waals surface area contributed by atoms with E-state index in [2.05, 4.69) is 15.1 Å². The van der Waals surface area contributed by atoms with Gasteiger partial charge >= 0.3 is 0 Å². The molecule has 2 aromatic carbocycles. The zero-order valence-corrected chi connectivity index (χ0v) is 21.7. The molecular formula is C29H27N5O2S. The fourth-order valence-electron chi connectivity index (χ4n) is 4.38. The number of aromatic nitrogens is 4. The number of nitrogens with zero attached hydrogens (tertiary/aromatic N) is 4. The van der Waals surface area contributed by atoms with Crippen molar-refractivity contribution in [1.82, 2.24) is 19.7 Å². The monoisotopic (exact) mass is 509 g/mol. The molecule has 0 spiro atoms. The number of aryl methyl sites for hydroxylation is 2. The van der Waals surface area contributed by atoms with Crippen LogP contribution in [0.25, 0.3) is 22.4 Å². The van der Waals surface area contributed by atoms with Crippen molar-refractivity contribution in [3.8, 4) is 28.1 Å². The van der Waals surface area contributed by atoms with E-state index in [-0.39, 0.29) is 16.2 Å². The third kappa shape index (κ3) is 4.88. The van der Waals surface area contributed by atoms with Crippen LogP contribution < -0.4 is 10.5 Å².